The van der Waals surface area contributed by atoms with Gasteiger partial charge in [0.2, 0.25) is 0 Å². The Balaban J connectivity index is 1.90. The number of esters is 1. The van der Waals surface area contributed by atoms with Gasteiger partial charge >= 0.3 is 11.9 Å². The molecule has 0 bridgehead atoms. The number of fused-ring (bicyclic) bond motifs is 1. The molecule has 1 aliphatic heterocycles. The number of aliphatic carboxylic acids is 1. The van der Waals surface area contributed by atoms with Crippen LogP contribution in [0, 0.1) is 38.5 Å². The van der Waals surface area contributed by atoms with Crippen LogP contribution in [0.4, 0.5) is 0 Å². The molecule has 1 unspecified atom stereocenters. The lowest BCUT2D eigenvalue weighted by Gasteiger charge is -2.38. The van der Waals surface area contributed by atoms with Gasteiger partial charge < -0.3 is 20.3 Å². The maximum atomic E-state index is 12.4. The largest absolute Gasteiger partial charge is 0.487 e. The fraction of sp³-hybridized carbons (Fsp3) is 0.758. The van der Waals surface area contributed by atoms with Crippen molar-refractivity contribution in [2.24, 2.45) is 23.5 Å². The van der Waals surface area contributed by atoms with Gasteiger partial charge in [-0.25, -0.2) is 4.79 Å². The Morgan fingerprint density at radius 3 is 2.05 bits per heavy atom. The molecule has 4 atom stereocenters. The van der Waals surface area contributed by atoms with Crippen molar-refractivity contribution in [2.45, 2.75) is 144 Å². The highest BCUT2D eigenvalue weighted by Gasteiger charge is 2.35. The van der Waals surface area contributed by atoms with E-state index in [0.717, 1.165) is 71.4 Å². The SMILES string of the molecule is Cc1c(C)c2c(c(C)c1OC(=O)C(N)CC(=O)O)CC[C@@](C)(CCC[C@H](C)CCC[C@H](C)CCCC(C)C)O2. The van der Waals surface area contributed by atoms with Gasteiger partial charge in [-0.2, -0.15) is 0 Å². The molecule has 0 spiro atoms. The molecule has 222 valence electrons. The van der Waals surface area contributed by atoms with Crippen molar-refractivity contribution in [1.29, 1.82) is 0 Å². The van der Waals surface area contributed by atoms with Crippen LogP contribution < -0.4 is 15.2 Å². The van der Waals surface area contributed by atoms with Crippen LogP contribution in [0.3, 0.4) is 0 Å². The Hall–Kier alpha value is -2.08. The second-order valence-corrected chi connectivity index (χ2v) is 13.0. The Bertz CT molecular complexity index is 972. The van der Waals surface area contributed by atoms with Crippen LogP contribution in [0.2, 0.25) is 0 Å². The van der Waals surface area contributed by atoms with E-state index in [1.807, 2.05) is 20.8 Å². The topological polar surface area (TPSA) is 98.9 Å². The Morgan fingerprint density at radius 1 is 0.923 bits per heavy atom. The number of rotatable bonds is 16. The van der Waals surface area contributed by atoms with E-state index in [2.05, 4.69) is 34.6 Å². The third-order valence-electron chi connectivity index (χ3n) is 8.74. The van der Waals surface area contributed by atoms with Gasteiger partial charge in [-0.3, -0.25) is 4.79 Å². The molecule has 39 heavy (non-hydrogen) atoms. The van der Waals surface area contributed by atoms with Crippen molar-refractivity contribution in [2.75, 3.05) is 0 Å². The van der Waals surface area contributed by atoms with E-state index in [-0.39, 0.29) is 5.60 Å². The van der Waals surface area contributed by atoms with E-state index in [9.17, 15) is 9.59 Å². The van der Waals surface area contributed by atoms with Crippen LogP contribution >= 0.6 is 0 Å². The zero-order valence-electron chi connectivity index (χ0n) is 26.0. The van der Waals surface area contributed by atoms with Crippen molar-refractivity contribution in [3.63, 3.8) is 0 Å². The number of nitrogens with two attached hydrogens (primary N) is 1. The highest BCUT2D eigenvalue weighted by atomic mass is 16.5. The highest BCUT2D eigenvalue weighted by molar-refractivity contribution is 5.84. The Kier molecular flexibility index (Phi) is 12.8. The summed E-state index contributed by atoms with van der Waals surface area (Å²) in [5, 5.41) is 8.94. The summed E-state index contributed by atoms with van der Waals surface area (Å²) in [5.41, 5.74) is 9.27. The van der Waals surface area contributed by atoms with Crippen LogP contribution in [0.5, 0.6) is 11.5 Å². The van der Waals surface area contributed by atoms with Gasteiger partial charge in [-0.15, -0.1) is 0 Å². The molecule has 0 saturated heterocycles. The number of benzene rings is 1. The monoisotopic (exact) mass is 545 g/mol. The smallest absolute Gasteiger partial charge is 0.328 e. The van der Waals surface area contributed by atoms with Gasteiger partial charge in [-0.1, -0.05) is 72.6 Å². The third kappa shape index (κ3) is 10.1. The minimum Gasteiger partial charge on any atom is -0.487 e. The highest BCUT2D eigenvalue weighted by Crippen LogP contribution is 2.45. The second kappa shape index (κ2) is 15.1. The number of carboxylic acid groups (broad SMARTS) is 1. The van der Waals surface area contributed by atoms with E-state index in [1.54, 1.807) is 0 Å². The molecule has 6 heteroatoms. The number of ether oxygens (including phenoxy) is 2. The normalized spacial score (nSPS) is 19.2. The molecule has 3 N–H and O–H groups in total. The molecule has 0 saturated carbocycles. The molecule has 0 aliphatic carbocycles. The number of hydrogen-bond donors (Lipinski definition) is 2. The molecule has 1 aliphatic rings. The van der Waals surface area contributed by atoms with Crippen molar-refractivity contribution in [3.05, 3.63) is 22.3 Å². The van der Waals surface area contributed by atoms with E-state index in [4.69, 9.17) is 20.3 Å². The second-order valence-electron chi connectivity index (χ2n) is 13.0. The van der Waals surface area contributed by atoms with Crippen molar-refractivity contribution in [3.8, 4) is 11.5 Å². The molecule has 0 fully saturated rings. The van der Waals surface area contributed by atoms with Crippen LogP contribution in [0.25, 0.3) is 0 Å². The number of hydrogen-bond acceptors (Lipinski definition) is 5. The molecule has 1 aromatic rings. The quantitative estimate of drug-likeness (QED) is 0.162. The van der Waals surface area contributed by atoms with Crippen LogP contribution in [0.15, 0.2) is 0 Å². The summed E-state index contributed by atoms with van der Waals surface area (Å²) in [6.45, 7) is 17.5. The third-order valence-corrected chi connectivity index (χ3v) is 8.74. The molecule has 1 heterocycles. The van der Waals surface area contributed by atoms with Gasteiger partial charge in [0.15, 0.2) is 0 Å². The van der Waals surface area contributed by atoms with Gasteiger partial charge in [0.25, 0.3) is 0 Å². The zero-order valence-corrected chi connectivity index (χ0v) is 26.0. The minimum absolute atomic E-state index is 0.205. The van der Waals surface area contributed by atoms with Crippen molar-refractivity contribution < 1.29 is 24.2 Å². The first-order valence-electron chi connectivity index (χ1n) is 15.2. The molecule has 2 rings (SSSR count). The maximum Gasteiger partial charge on any atom is 0.328 e. The fourth-order valence-electron chi connectivity index (χ4n) is 5.86. The first-order chi connectivity index (χ1) is 18.2. The molecular formula is C33H55NO5. The van der Waals surface area contributed by atoms with E-state index >= 15 is 0 Å². The standard InChI is InChI=1S/C33H55NO5/c1-21(2)12-9-13-22(3)14-10-15-23(4)16-11-18-33(8)19-17-27-26(7)30(24(5)25(6)31(27)39-33)38-32(37)28(34)20-29(35)36/h21-23,28H,9-20,34H2,1-8H3,(H,35,36)/t22-,23-,28?,33-/m1/s1. The Labute approximate surface area is 237 Å². The summed E-state index contributed by atoms with van der Waals surface area (Å²) in [5.74, 6) is 1.93. The van der Waals surface area contributed by atoms with Crippen LogP contribution in [-0.2, 0) is 16.0 Å². The summed E-state index contributed by atoms with van der Waals surface area (Å²) in [4.78, 5) is 23.4. The molecule has 6 nitrogen and oxygen atoms in total. The number of carbonyl (C=O) groups is 2. The maximum absolute atomic E-state index is 12.4. The average molecular weight is 546 g/mol. The average Bonchev–Trinajstić information content (AvgIpc) is 2.84. The van der Waals surface area contributed by atoms with E-state index in [1.165, 1.54) is 44.9 Å². The molecule has 0 radical (unpaired) electrons. The lowest BCUT2D eigenvalue weighted by atomic mass is 9.83. The Morgan fingerprint density at radius 2 is 1.49 bits per heavy atom. The predicted molar refractivity (Wildman–Crippen MR) is 159 cm³/mol. The van der Waals surface area contributed by atoms with Gasteiger partial charge in [0.1, 0.15) is 23.1 Å². The first-order valence-corrected chi connectivity index (χ1v) is 15.2. The fourth-order valence-corrected chi connectivity index (χ4v) is 5.86. The number of carboxylic acids is 1. The van der Waals surface area contributed by atoms with Crippen molar-refractivity contribution in [1.82, 2.24) is 0 Å². The van der Waals surface area contributed by atoms with E-state index in [0.29, 0.717) is 5.75 Å². The zero-order chi connectivity index (χ0) is 29.3. The van der Waals surface area contributed by atoms with Crippen LogP contribution in [0.1, 0.15) is 128 Å². The summed E-state index contributed by atoms with van der Waals surface area (Å²) >= 11 is 0. The lowest BCUT2D eigenvalue weighted by Crippen LogP contribution is -2.38. The first kappa shape index (κ1) is 33.1. The van der Waals surface area contributed by atoms with Crippen LogP contribution in [-0.4, -0.2) is 28.7 Å². The van der Waals surface area contributed by atoms with Gasteiger partial charge in [-0.05, 0) is 87.8 Å². The minimum atomic E-state index is -1.20. The summed E-state index contributed by atoms with van der Waals surface area (Å²) in [6.07, 6.45) is 12.8. The van der Waals surface area contributed by atoms with Crippen molar-refractivity contribution >= 4 is 11.9 Å². The summed E-state index contributed by atoms with van der Waals surface area (Å²) < 4.78 is 12.3. The molecule has 0 amide bonds. The van der Waals surface area contributed by atoms with Gasteiger partial charge in [0, 0.05) is 5.56 Å². The predicted octanol–water partition coefficient (Wildman–Crippen LogP) is 7.84. The summed E-state index contributed by atoms with van der Waals surface area (Å²) in [6, 6.07) is -1.20. The van der Waals surface area contributed by atoms with Gasteiger partial charge in [0.05, 0.1) is 6.42 Å². The molecule has 1 aromatic carbocycles. The number of carbonyl (C=O) groups excluding carboxylic acids is 1. The molecule has 0 aromatic heterocycles. The molecular weight excluding hydrogens is 490 g/mol. The van der Waals surface area contributed by atoms with E-state index < -0.39 is 24.4 Å². The summed E-state index contributed by atoms with van der Waals surface area (Å²) in [7, 11) is 0. The lowest BCUT2D eigenvalue weighted by molar-refractivity contribution is -0.143.